The minimum Gasteiger partial charge on any atom is -0.383 e. The van der Waals surface area contributed by atoms with Crippen LogP contribution in [0.2, 0.25) is 0 Å². The van der Waals surface area contributed by atoms with Crippen LogP contribution in [0.3, 0.4) is 0 Å². The van der Waals surface area contributed by atoms with E-state index in [0.717, 1.165) is 11.5 Å². The summed E-state index contributed by atoms with van der Waals surface area (Å²) in [5.74, 6) is -1.11. The molecule has 0 spiro atoms. The number of halogens is 3. The largest absolute Gasteiger partial charge is 0.452 e. The number of aryl methyl sites for hydroxylation is 1. The third-order valence-electron chi connectivity index (χ3n) is 3.83. The fraction of sp³-hybridized carbons (Fsp3) is 0.583. The van der Waals surface area contributed by atoms with E-state index in [2.05, 4.69) is 14.5 Å². The molecule has 0 unspecified atom stereocenters. The normalized spacial score (nSPS) is 18.7. The molecule has 1 fully saturated rings. The zero-order chi connectivity index (χ0) is 16.0. The molecule has 120 valence electrons. The summed E-state index contributed by atoms with van der Waals surface area (Å²) in [7, 11) is 1.75. The van der Waals surface area contributed by atoms with Crippen molar-refractivity contribution in [3.63, 3.8) is 0 Å². The molecule has 3 heterocycles. The molecule has 1 aliphatic heterocycles. The second-order valence-electron chi connectivity index (χ2n) is 5.26. The number of nitrogens with zero attached hydrogens (tertiary/aromatic N) is 5. The molecule has 0 radical (unpaired) electrons. The van der Waals surface area contributed by atoms with Crippen LogP contribution in [0.5, 0.6) is 0 Å². The SMILES string of the molecule is Cn1nccc1C1(O)CCN(c2nc(C(F)(F)F)ns2)CC1. The third-order valence-corrected chi connectivity index (χ3v) is 4.60. The van der Waals surface area contributed by atoms with E-state index in [0.29, 0.717) is 31.6 Å². The smallest absolute Gasteiger partial charge is 0.383 e. The van der Waals surface area contributed by atoms with Crippen LogP contribution in [0.1, 0.15) is 24.4 Å². The summed E-state index contributed by atoms with van der Waals surface area (Å²) in [6.45, 7) is 0.822. The Kier molecular flexibility index (Phi) is 3.60. The molecule has 0 atom stereocenters. The number of piperidine rings is 1. The average molecular weight is 333 g/mol. The summed E-state index contributed by atoms with van der Waals surface area (Å²) < 4.78 is 42.6. The maximum absolute atomic E-state index is 12.5. The maximum Gasteiger partial charge on any atom is 0.452 e. The topological polar surface area (TPSA) is 67.1 Å². The summed E-state index contributed by atoms with van der Waals surface area (Å²) in [5.41, 5.74) is -0.306. The average Bonchev–Trinajstić information content (AvgIpc) is 3.08. The summed E-state index contributed by atoms with van der Waals surface area (Å²) in [5, 5.41) is 15.0. The summed E-state index contributed by atoms with van der Waals surface area (Å²) in [4.78, 5) is 5.26. The molecule has 0 aromatic carbocycles. The van der Waals surface area contributed by atoms with Gasteiger partial charge in [0.05, 0.1) is 5.69 Å². The van der Waals surface area contributed by atoms with Crippen molar-refractivity contribution in [2.24, 2.45) is 7.05 Å². The Bertz CT molecular complexity index is 660. The molecule has 6 nitrogen and oxygen atoms in total. The Morgan fingerprint density at radius 3 is 2.50 bits per heavy atom. The van der Waals surface area contributed by atoms with Gasteiger partial charge in [0.1, 0.15) is 5.60 Å². The molecule has 0 aliphatic carbocycles. The van der Waals surface area contributed by atoms with E-state index in [1.54, 1.807) is 28.9 Å². The quantitative estimate of drug-likeness (QED) is 0.907. The molecule has 1 N–H and O–H groups in total. The number of aliphatic hydroxyl groups is 1. The lowest BCUT2D eigenvalue weighted by molar-refractivity contribution is -0.144. The van der Waals surface area contributed by atoms with E-state index < -0.39 is 17.6 Å². The first-order chi connectivity index (χ1) is 10.3. The molecule has 0 amide bonds. The van der Waals surface area contributed by atoms with Gasteiger partial charge in [-0.3, -0.25) is 4.68 Å². The van der Waals surface area contributed by atoms with E-state index in [-0.39, 0.29) is 5.13 Å². The number of rotatable bonds is 2. The van der Waals surface area contributed by atoms with Gasteiger partial charge in [-0.25, -0.2) is 0 Å². The van der Waals surface area contributed by atoms with Crippen LogP contribution in [0.4, 0.5) is 18.3 Å². The van der Waals surface area contributed by atoms with Gasteiger partial charge in [-0.2, -0.15) is 27.6 Å². The van der Waals surface area contributed by atoms with E-state index in [9.17, 15) is 18.3 Å². The highest BCUT2D eigenvalue weighted by Crippen LogP contribution is 2.36. The molecule has 2 aromatic heterocycles. The number of hydrogen-bond donors (Lipinski definition) is 1. The predicted octanol–water partition coefficient (Wildman–Crippen LogP) is 1.78. The highest BCUT2D eigenvalue weighted by Gasteiger charge is 2.39. The molecule has 0 bridgehead atoms. The third kappa shape index (κ3) is 2.68. The second kappa shape index (κ2) is 5.20. The van der Waals surface area contributed by atoms with E-state index >= 15 is 0 Å². The van der Waals surface area contributed by atoms with Gasteiger partial charge in [0.15, 0.2) is 0 Å². The van der Waals surface area contributed by atoms with Crippen molar-refractivity contribution < 1.29 is 18.3 Å². The van der Waals surface area contributed by atoms with Crippen molar-refractivity contribution >= 4 is 16.7 Å². The Labute approximate surface area is 128 Å². The van der Waals surface area contributed by atoms with Gasteiger partial charge in [0.25, 0.3) is 0 Å². The minimum absolute atomic E-state index is 0.236. The van der Waals surface area contributed by atoms with Crippen LogP contribution >= 0.6 is 11.5 Å². The van der Waals surface area contributed by atoms with Gasteiger partial charge < -0.3 is 10.0 Å². The predicted molar refractivity (Wildman–Crippen MR) is 73.5 cm³/mol. The molecular formula is C12H14F3N5OS. The zero-order valence-electron chi connectivity index (χ0n) is 11.7. The monoisotopic (exact) mass is 333 g/mol. The molecular weight excluding hydrogens is 319 g/mol. The summed E-state index contributed by atoms with van der Waals surface area (Å²) in [6.07, 6.45) is -2.12. The molecule has 1 saturated heterocycles. The standard InChI is InChI=1S/C12H14F3N5OS/c1-19-8(2-5-16-19)11(21)3-6-20(7-4-11)10-17-9(18-22-10)12(13,14)15/h2,5,21H,3-4,6-7H2,1H3. The van der Waals surface area contributed by atoms with Gasteiger partial charge in [-0.05, 0) is 18.9 Å². The lowest BCUT2D eigenvalue weighted by Crippen LogP contribution is -2.43. The summed E-state index contributed by atoms with van der Waals surface area (Å²) in [6, 6.07) is 1.75. The number of anilines is 1. The van der Waals surface area contributed by atoms with Gasteiger partial charge in [-0.15, -0.1) is 0 Å². The first kappa shape index (κ1) is 15.2. The Hall–Kier alpha value is -1.68. The number of hydrogen-bond acceptors (Lipinski definition) is 6. The fourth-order valence-electron chi connectivity index (χ4n) is 2.61. The van der Waals surface area contributed by atoms with Crippen LogP contribution in [0.15, 0.2) is 12.3 Å². The lowest BCUT2D eigenvalue weighted by atomic mass is 9.88. The van der Waals surface area contributed by atoms with Gasteiger partial charge in [0, 0.05) is 37.9 Å². The first-order valence-electron chi connectivity index (χ1n) is 6.66. The second-order valence-corrected chi connectivity index (χ2v) is 5.99. The van der Waals surface area contributed by atoms with Crippen molar-refractivity contribution in [2.45, 2.75) is 24.6 Å². The first-order valence-corrected chi connectivity index (χ1v) is 7.44. The van der Waals surface area contributed by atoms with Gasteiger partial charge in [0.2, 0.25) is 11.0 Å². The van der Waals surface area contributed by atoms with Crippen molar-refractivity contribution in [2.75, 3.05) is 18.0 Å². The molecule has 22 heavy (non-hydrogen) atoms. The van der Waals surface area contributed by atoms with Crippen molar-refractivity contribution in [3.05, 3.63) is 23.8 Å². The van der Waals surface area contributed by atoms with Crippen LogP contribution in [-0.2, 0) is 18.8 Å². The van der Waals surface area contributed by atoms with Crippen molar-refractivity contribution in [3.8, 4) is 0 Å². The lowest BCUT2D eigenvalue weighted by Gasteiger charge is -2.37. The highest BCUT2D eigenvalue weighted by molar-refractivity contribution is 7.09. The maximum atomic E-state index is 12.5. The van der Waals surface area contributed by atoms with E-state index in [1.807, 2.05) is 0 Å². The van der Waals surface area contributed by atoms with Crippen LogP contribution in [0.25, 0.3) is 0 Å². The van der Waals surface area contributed by atoms with Crippen molar-refractivity contribution in [1.29, 1.82) is 0 Å². The van der Waals surface area contributed by atoms with Crippen molar-refractivity contribution in [1.82, 2.24) is 19.1 Å². The fourth-order valence-corrected chi connectivity index (χ4v) is 3.35. The zero-order valence-corrected chi connectivity index (χ0v) is 12.5. The van der Waals surface area contributed by atoms with E-state index in [4.69, 9.17) is 0 Å². The molecule has 3 rings (SSSR count). The number of alkyl halides is 3. The molecule has 10 heteroatoms. The summed E-state index contributed by atoms with van der Waals surface area (Å²) >= 11 is 0.729. The van der Waals surface area contributed by atoms with Gasteiger partial charge in [-0.1, -0.05) is 0 Å². The number of aromatic nitrogens is 4. The van der Waals surface area contributed by atoms with Crippen LogP contribution in [0, 0.1) is 0 Å². The van der Waals surface area contributed by atoms with Gasteiger partial charge >= 0.3 is 6.18 Å². The molecule has 2 aromatic rings. The van der Waals surface area contributed by atoms with Crippen LogP contribution in [-0.4, -0.2) is 37.3 Å². The van der Waals surface area contributed by atoms with Crippen LogP contribution < -0.4 is 4.90 Å². The Morgan fingerprint density at radius 1 is 1.32 bits per heavy atom. The Balaban J connectivity index is 1.72. The molecule has 0 saturated carbocycles. The Morgan fingerprint density at radius 2 is 2.00 bits per heavy atom. The highest BCUT2D eigenvalue weighted by atomic mass is 32.1. The van der Waals surface area contributed by atoms with E-state index in [1.165, 1.54) is 0 Å². The minimum atomic E-state index is -4.53. The molecule has 1 aliphatic rings.